The smallest absolute Gasteiger partial charge is 0.147 e. The fourth-order valence-electron chi connectivity index (χ4n) is 3.32. The molecule has 0 amide bonds. The van der Waals surface area contributed by atoms with Gasteiger partial charge in [0.1, 0.15) is 5.82 Å². The second-order valence-electron chi connectivity index (χ2n) is 6.73. The van der Waals surface area contributed by atoms with E-state index in [4.69, 9.17) is 9.97 Å². The lowest BCUT2D eigenvalue weighted by molar-refractivity contribution is 0.109. The molecule has 5 nitrogen and oxygen atoms in total. The molecule has 2 aliphatic rings. The van der Waals surface area contributed by atoms with Gasteiger partial charge in [-0.1, -0.05) is 13.8 Å². The zero-order chi connectivity index (χ0) is 15.0. The van der Waals surface area contributed by atoms with Crippen LogP contribution in [0, 0.1) is 0 Å². The van der Waals surface area contributed by atoms with Gasteiger partial charge in [0.05, 0.1) is 17.4 Å². The van der Waals surface area contributed by atoms with Gasteiger partial charge in [0.25, 0.3) is 0 Å². The highest BCUT2D eigenvalue weighted by atomic mass is 15.3. The number of aromatic nitrogens is 2. The predicted molar refractivity (Wildman–Crippen MR) is 84.4 cm³/mol. The van der Waals surface area contributed by atoms with Gasteiger partial charge in [-0.2, -0.15) is 0 Å². The van der Waals surface area contributed by atoms with Crippen molar-refractivity contribution in [2.24, 2.45) is 0 Å². The summed E-state index contributed by atoms with van der Waals surface area (Å²) < 4.78 is 0. The molecule has 1 aromatic rings. The second-order valence-corrected chi connectivity index (χ2v) is 6.73. The predicted octanol–water partition coefficient (Wildman–Crippen LogP) is 1.16. The van der Waals surface area contributed by atoms with Gasteiger partial charge in [0.15, 0.2) is 0 Å². The van der Waals surface area contributed by atoms with Crippen molar-refractivity contribution in [1.82, 2.24) is 25.1 Å². The van der Waals surface area contributed by atoms with E-state index in [9.17, 15) is 0 Å². The molecule has 3 heterocycles. The minimum Gasteiger partial charge on any atom is -0.311 e. The molecular formula is C16H27N5. The Kier molecular flexibility index (Phi) is 4.24. The highest BCUT2D eigenvalue weighted by molar-refractivity contribution is 5.31. The van der Waals surface area contributed by atoms with Crippen LogP contribution in [-0.2, 0) is 13.0 Å². The maximum absolute atomic E-state index is 4.99. The Hall–Kier alpha value is -1.04. The van der Waals surface area contributed by atoms with E-state index >= 15 is 0 Å². The molecule has 2 aliphatic heterocycles. The minimum atomic E-state index is 0.313. The lowest BCUT2D eigenvalue weighted by Crippen LogP contribution is -2.45. The van der Waals surface area contributed by atoms with Crippen LogP contribution in [0.5, 0.6) is 0 Å². The Morgan fingerprint density at radius 3 is 2.76 bits per heavy atom. The molecule has 1 aromatic heterocycles. The van der Waals surface area contributed by atoms with E-state index in [1.165, 1.54) is 17.0 Å². The minimum absolute atomic E-state index is 0.313. The summed E-state index contributed by atoms with van der Waals surface area (Å²) in [4.78, 5) is 14.7. The molecule has 1 atom stereocenters. The average molecular weight is 289 g/mol. The first-order chi connectivity index (χ1) is 10.1. The second kappa shape index (κ2) is 5.99. The number of fused-ring (bicyclic) bond motifs is 1. The van der Waals surface area contributed by atoms with Crippen molar-refractivity contribution in [3.8, 4) is 0 Å². The fraction of sp³-hybridized carbons (Fsp3) is 0.750. The molecule has 0 radical (unpaired) electrons. The Morgan fingerprint density at radius 1 is 1.19 bits per heavy atom. The van der Waals surface area contributed by atoms with Crippen LogP contribution in [-0.4, -0.2) is 60.0 Å². The summed E-state index contributed by atoms with van der Waals surface area (Å²) in [6.07, 6.45) is 1.06. The molecule has 0 aliphatic carbocycles. The van der Waals surface area contributed by atoms with Gasteiger partial charge in [0, 0.05) is 26.2 Å². The van der Waals surface area contributed by atoms with Crippen LogP contribution in [0.15, 0.2) is 0 Å². The summed E-state index contributed by atoms with van der Waals surface area (Å²) in [6, 6.07) is 0.313. The Morgan fingerprint density at radius 2 is 2.00 bits per heavy atom. The molecule has 0 aromatic carbocycles. The average Bonchev–Trinajstić information content (AvgIpc) is 2.48. The van der Waals surface area contributed by atoms with Crippen molar-refractivity contribution < 1.29 is 0 Å². The van der Waals surface area contributed by atoms with Gasteiger partial charge in [-0.15, -0.1) is 0 Å². The standard InChI is InChI=1S/C16H27N5/c1-11(2)15-12-5-6-17-9-13(12)18-16(19-15)14-10-20(3)7-8-21(14)4/h11,14,17H,5-10H2,1-4H3. The van der Waals surface area contributed by atoms with Crippen LogP contribution in [0.4, 0.5) is 0 Å². The fourth-order valence-corrected chi connectivity index (χ4v) is 3.32. The first kappa shape index (κ1) is 14.9. The third kappa shape index (κ3) is 2.96. The third-order valence-electron chi connectivity index (χ3n) is 4.68. The number of hydrogen-bond acceptors (Lipinski definition) is 5. The van der Waals surface area contributed by atoms with Crippen molar-refractivity contribution in [3.63, 3.8) is 0 Å². The van der Waals surface area contributed by atoms with E-state index in [1.54, 1.807) is 0 Å². The first-order valence-electron chi connectivity index (χ1n) is 8.05. The van der Waals surface area contributed by atoms with Crippen molar-refractivity contribution >= 4 is 0 Å². The van der Waals surface area contributed by atoms with Crippen LogP contribution in [0.3, 0.4) is 0 Å². The quantitative estimate of drug-likeness (QED) is 0.885. The Balaban J connectivity index is 2.00. The molecule has 1 saturated heterocycles. The summed E-state index contributed by atoms with van der Waals surface area (Å²) in [5.74, 6) is 1.47. The van der Waals surface area contributed by atoms with Crippen LogP contribution in [0.25, 0.3) is 0 Å². The molecule has 1 N–H and O–H groups in total. The highest BCUT2D eigenvalue weighted by Crippen LogP contribution is 2.27. The van der Waals surface area contributed by atoms with Crippen LogP contribution in [0.2, 0.25) is 0 Å². The first-order valence-corrected chi connectivity index (χ1v) is 8.05. The van der Waals surface area contributed by atoms with E-state index in [2.05, 4.69) is 43.1 Å². The Bertz CT molecular complexity index is 514. The van der Waals surface area contributed by atoms with Crippen LogP contribution in [0.1, 0.15) is 48.6 Å². The maximum Gasteiger partial charge on any atom is 0.147 e. The van der Waals surface area contributed by atoms with Gasteiger partial charge < -0.3 is 10.2 Å². The molecule has 0 bridgehead atoms. The van der Waals surface area contributed by atoms with Crippen LogP contribution < -0.4 is 5.32 Å². The summed E-state index contributed by atoms with van der Waals surface area (Å²) in [6.45, 7) is 9.63. The number of nitrogens with one attached hydrogen (secondary N) is 1. The molecular weight excluding hydrogens is 262 g/mol. The molecule has 0 saturated carbocycles. The number of likely N-dealkylation sites (N-methyl/N-ethyl adjacent to an activating group) is 2. The van der Waals surface area contributed by atoms with E-state index in [0.29, 0.717) is 12.0 Å². The van der Waals surface area contributed by atoms with Gasteiger partial charge in [-0.25, -0.2) is 9.97 Å². The maximum atomic E-state index is 4.99. The van der Waals surface area contributed by atoms with Crippen molar-refractivity contribution in [2.75, 3.05) is 40.3 Å². The summed E-state index contributed by atoms with van der Waals surface area (Å²) in [5.41, 5.74) is 3.87. The van der Waals surface area contributed by atoms with E-state index < -0.39 is 0 Å². The highest BCUT2D eigenvalue weighted by Gasteiger charge is 2.28. The third-order valence-corrected chi connectivity index (χ3v) is 4.68. The van der Waals surface area contributed by atoms with Crippen LogP contribution >= 0.6 is 0 Å². The molecule has 116 valence electrons. The molecule has 1 fully saturated rings. The molecule has 3 rings (SSSR count). The number of nitrogens with zero attached hydrogens (tertiary/aromatic N) is 4. The summed E-state index contributed by atoms with van der Waals surface area (Å²) >= 11 is 0. The van der Waals surface area contributed by atoms with Gasteiger partial charge >= 0.3 is 0 Å². The van der Waals surface area contributed by atoms with Crippen molar-refractivity contribution in [1.29, 1.82) is 0 Å². The topological polar surface area (TPSA) is 44.3 Å². The van der Waals surface area contributed by atoms with E-state index in [-0.39, 0.29) is 0 Å². The molecule has 21 heavy (non-hydrogen) atoms. The van der Waals surface area contributed by atoms with E-state index in [1.807, 2.05) is 0 Å². The molecule has 1 unspecified atom stereocenters. The molecule has 5 heteroatoms. The normalized spacial score (nSPS) is 24.3. The summed E-state index contributed by atoms with van der Waals surface area (Å²) in [5, 5.41) is 3.44. The largest absolute Gasteiger partial charge is 0.311 e. The summed E-state index contributed by atoms with van der Waals surface area (Å²) in [7, 11) is 4.37. The van der Waals surface area contributed by atoms with Crippen molar-refractivity contribution in [2.45, 2.75) is 38.8 Å². The number of hydrogen-bond donors (Lipinski definition) is 1. The Labute approximate surface area is 127 Å². The van der Waals surface area contributed by atoms with Gasteiger partial charge in [0.2, 0.25) is 0 Å². The van der Waals surface area contributed by atoms with E-state index in [0.717, 1.165) is 45.0 Å². The lowest BCUT2D eigenvalue weighted by Gasteiger charge is -2.37. The zero-order valence-electron chi connectivity index (χ0n) is 13.7. The lowest BCUT2D eigenvalue weighted by atomic mass is 9.97. The van der Waals surface area contributed by atoms with Gasteiger partial charge in [-0.3, -0.25) is 4.90 Å². The SMILES string of the molecule is CC(C)c1nc(C2CN(C)CCN2C)nc2c1CCNC2. The van der Waals surface area contributed by atoms with Crippen molar-refractivity contribution in [3.05, 3.63) is 22.8 Å². The number of rotatable bonds is 2. The monoisotopic (exact) mass is 289 g/mol. The zero-order valence-corrected chi connectivity index (χ0v) is 13.7. The molecule has 0 spiro atoms. The van der Waals surface area contributed by atoms with Gasteiger partial charge in [-0.05, 0) is 38.5 Å². The number of piperazine rings is 1.